The van der Waals surface area contributed by atoms with Gasteiger partial charge in [0.05, 0.1) is 5.39 Å². The zero-order valence-corrected chi connectivity index (χ0v) is 18.8. The minimum Gasteiger partial charge on any atom is -0.326 e. The van der Waals surface area contributed by atoms with Gasteiger partial charge in [0.1, 0.15) is 17.0 Å². The molecule has 164 valence electrons. The molecule has 3 heterocycles. The quantitative estimate of drug-likeness (QED) is 0.486. The fourth-order valence-corrected chi connectivity index (χ4v) is 5.65. The molecule has 0 aliphatic heterocycles. The van der Waals surface area contributed by atoms with Gasteiger partial charge in [-0.05, 0) is 42.9 Å². The topological polar surface area (TPSA) is 106 Å². The first-order chi connectivity index (χ1) is 15.5. The first-order valence-electron chi connectivity index (χ1n) is 10.8. The highest BCUT2D eigenvalue weighted by molar-refractivity contribution is 7.18. The van der Waals surface area contributed by atoms with Gasteiger partial charge >= 0.3 is 0 Å². The number of anilines is 1. The molecule has 1 aliphatic rings. The van der Waals surface area contributed by atoms with E-state index in [0.29, 0.717) is 23.9 Å². The number of amides is 1. The first-order valence-corrected chi connectivity index (χ1v) is 11.6. The van der Waals surface area contributed by atoms with Gasteiger partial charge in [-0.1, -0.05) is 19.1 Å². The van der Waals surface area contributed by atoms with Crippen LogP contribution in [0.25, 0.3) is 21.6 Å². The van der Waals surface area contributed by atoms with Crippen molar-refractivity contribution in [2.24, 2.45) is 13.0 Å². The number of aromatic nitrogens is 5. The Labute approximate surface area is 188 Å². The number of carbonyl (C=O) groups is 1. The Kier molecular flexibility index (Phi) is 5.34. The van der Waals surface area contributed by atoms with Crippen LogP contribution in [-0.4, -0.2) is 30.6 Å². The number of nitrogens with zero attached hydrogens (tertiary/aromatic N) is 4. The zero-order valence-electron chi connectivity index (χ0n) is 18.0. The fourth-order valence-electron chi connectivity index (χ4n) is 4.25. The number of hydrogen-bond donors (Lipinski definition) is 2. The Bertz CT molecular complexity index is 1370. The van der Waals surface area contributed by atoms with Gasteiger partial charge in [-0.2, -0.15) is 0 Å². The van der Waals surface area contributed by atoms with Gasteiger partial charge < -0.3 is 14.9 Å². The van der Waals surface area contributed by atoms with Gasteiger partial charge in [0.25, 0.3) is 5.56 Å². The van der Waals surface area contributed by atoms with Crippen molar-refractivity contribution in [3.8, 4) is 11.4 Å². The Hall–Kier alpha value is -3.33. The van der Waals surface area contributed by atoms with Gasteiger partial charge in [0.15, 0.2) is 5.82 Å². The molecule has 0 radical (unpaired) electrons. The second kappa shape index (κ2) is 8.31. The molecule has 1 amide bonds. The maximum absolute atomic E-state index is 12.7. The number of fused-ring (bicyclic) bond motifs is 3. The molecule has 0 bridgehead atoms. The maximum atomic E-state index is 12.7. The Morgan fingerprint density at radius 2 is 2.25 bits per heavy atom. The van der Waals surface area contributed by atoms with E-state index >= 15 is 0 Å². The van der Waals surface area contributed by atoms with Gasteiger partial charge in [-0.15, -0.1) is 21.5 Å². The predicted molar refractivity (Wildman–Crippen MR) is 125 cm³/mol. The number of benzene rings is 1. The van der Waals surface area contributed by atoms with E-state index in [-0.39, 0.29) is 17.9 Å². The van der Waals surface area contributed by atoms with Gasteiger partial charge in [-0.3, -0.25) is 9.59 Å². The molecule has 2 N–H and O–H groups in total. The summed E-state index contributed by atoms with van der Waals surface area (Å²) in [4.78, 5) is 34.9. The number of aryl methyl sites for hydroxylation is 3. The molecule has 1 aromatic carbocycles. The number of rotatable bonds is 5. The molecule has 1 aliphatic carbocycles. The van der Waals surface area contributed by atoms with E-state index in [0.717, 1.165) is 40.9 Å². The van der Waals surface area contributed by atoms with Crippen LogP contribution in [0.1, 0.15) is 36.0 Å². The number of aromatic amines is 1. The van der Waals surface area contributed by atoms with Crippen molar-refractivity contribution in [3.05, 3.63) is 57.2 Å². The van der Waals surface area contributed by atoms with E-state index in [1.807, 2.05) is 35.9 Å². The Balaban J connectivity index is 1.28. The number of thiophene rings is 1. The summed E-state index contributed by atoms with van der Waals surface area (Å²) < 4.78 is 1.82. The lowest BCUT2D eigenvalue weighted by Gasteiger charge is -2.17. The van der Waals surface area contributed by atoms with Crippen molar-refractivity contribution in [3.63, 3.8) is 0 Å². The minimum absolute atomic E-state index is 0.0890. The number of carbonyl (C=O) groups excluding carboxylic acids is 1. The molecule has 0 saturated heterocycles. The third-order valence-electron chi connectivity index (χ3n) is 5.92. The summed E-state index contributed by atoms with van der Waals surface area (Å²) in [7, 11) is 1.87. The van der Waals surface area contributed by atoms with E-state index in [2.05, 4.69) is 32.4 Å². The molecule has 9 heteroatoms. The Morgan fingerprint density at radius 1 is 1.38 bits per heavy atom. The molecule has 0 fully saturated rings. The lowest BCUT2D eigenvalue weighted by molar-refractivity contribution is -0.116. The van der Waals surface area contributed by atoms with E-state index in [1.54, 1.807) is 17.7 Å². The summed E-state index contributed by atoms with van der Waals surface area (Å²) in [6.07, 6.45) is 5.30. The molecular weight excluding hydrogens is 424 g/mol. The second-order valence-corrected chi connectivity index (χ2v) is 9.52. The molecule has 3 aromatic heterocycles. The summed E-state index contributed by atoms with van der Waals surface area (Å²) >= 11 is 1.63. The highest BCUT2D eigenvalue weighted by Crippen LogP contribution is 2.35. The molecule has 0 saturated carbocycles. The third-order valence-corrected chi connectivity index (χ3v) is 7.07. The van der Waals surface area contributed by atoms with Gasteiger partial charge in [-0.25, -0.2) is 4.98 Å². The van der Waals surface area contributed by atoms with Crippen LogP contribution in [0.2, 0.25) is 0 Å². The van der Waals surface area contributed by atoms with Crippen LogP contribution < -0.4 is 10.9 Å². The van der Waals surface area contributed by atoms with Crippen molar-refractivity contribution in [1.82, 2.24) is 24.7 Å². The first kappa shape index (κ1) is 20.6. The van der Waals surface area contributed by atoms with E-state index < -0.39 is 0 Å². The number of nitrogens with one attached hydrogen (secondary N) is 2. The Morgan fingerprint density at radius 3 is 3.06 bits per heavy atom. The minimum atomic E-state index is -0.137. The zero-order chi connectivity index (χ0) is 22.2. The molecule has 0 spiro atoms. The van der Waals surface area contributed by atoms with Gasteiger partial charge in [0, 0.05) is 36.0 Å². The van der Waals surface area contributed by atoms with Crippen LogP contribution in [0.3, 0.4) is 0 Å². The molecule has 1 atom stereocenters. The fraction of sp³-hybridized carbons (Fsp3) is 0.348. The maximum Gasteiger partial charge on any atom is 0.259 e. The molecule has 5 rings (SSSR count). The molecule has 32 heavy (non-hydrogen) atoms. The molecule has 8 nitrogen and oxygen atoms in total. The largest absolute Gasteiger partial charge is 0.326 e. The summed E-state index contributed by atoms with van der Waals surface area (Å²) in [6, 6.07) is 7.49. The van der Waals surface area contributed by atoms with E-state index in [4.69, 9.17) is 0 Å². The van der Waals surface area contributed by atoms with Crippen LogP contribution in [-0.2, 0) is 31.1 Å². The molecule has 4 aromatic rings. The SMILES string of the molecule is CC1CCc2c(sc3nc(CCC(=O)Nc4cccc(-c5nncn5C)c4)[nH]c(=O)c23)C1. The van der Waals surface area contributed by atoms with Crippen molar-refractivity contribution < 1.29 is 4.79 Å². The highest BCUT2D eigenvalue weighted by atomic mass is 32.1. The third kappa shape index (κ3) is 3.95. The van der Waals surface area contributed by atoms with Crippen LogP contribution in [0.15, 0.2) is 35.4 Å². The smallest absolute Gasteiger partial charge is 0.259 e. The van der Waals surface area contributed by atoms with Gasteiger partial charge in [0.2, 0.25) is 5.91 Å². The standard InChI is InChI=1S/C23H24N6O2S/c1-13-6-7-16-17(10-13)32-23-20(16)22(31)26-18(27-23)8-9-19(30)25-15-5-3-4-14(11-15)21-28-24-12-29(21)2/h3-5,11-13H,6-10H2,1-2H3,(H,25,30)(H,26,27,31). The average molecular weight is 449 g/mol. The summed E-state index contributed by atoms with van der Waals surface area (Å²) in [5.41, 5.74) is 2.64. The lowest BCUT2D eigenvalue weighted by atomic mass is 9.89. The lowest BCUT2D eigenvalue weighted by Crippen LogP contribution is -2.17. The predicted octanol–water partition coefficient (Wildman–Crippen LogP) is 3.48. The van der Waals surface area contributed by atoms with Crippen molar-refractivity contribution in [1.29, 1.82) is 0 Å². The van der Waals surface area contributed by atoms with Crippen LogP contribution in [0.5, 0.6) is 0 Å². The van der Waals surface area contributed by atoms with E-state index in [9.17, 15) is 9.59 Å². The average Bonchev–Trinajstić information content (AvgIpc) is 3.35. The van der Waals surface area contributed by atoms with Crippen LogP contribution in [0.4, 0.5) is 5.69 Å². The van der Waals surface area contributed by atoms with Crippen molar-refractivity contribution in [2.75, 3.05) is 5.32 Å². The number of H-pyrrole nitrogens is 1. The summed E-state index contributed by atoms with van der Waals surface area (Å²) in [6.45, 7) is 2.25. The molecule has 1 unspecified atom stereocenters. The normalized spacial score (nSPS) is 15.6. The number of hydrogen-bond acceptors (Lipinski definition) is 6. The van der Waals surface area contributed by atoms with E-state index in [1.165, 1.54) is 10.4 Å². The monoisotopic (exact) mass is 448 g/mol. The highest BCUT2D eigenvalue weighted by Gasteiger charge is 2.23. The van der Waals surface area contributed by atoms with Crippen LogP contribution >= 0.6 is 11.3 Å². The van der Waals surface area contributed by atoms with Crippen molar-refractivity contribution >= 4 is 33.1 Å². The summed E-state index contributed by atoms with van der Waals surface area (Å²) in [5, 5.41) is 11.7. The van der Waals surface area contributed by atoms with Crippen LogP contribution in [0, 0.1) is 5.92 Å². The molecular formula is C23H24N6O2S. The van der Waals surface area contributed by atoms with Crippen molar-refractivity contribution in [2.45, 2.75) is 39.0 Å². The second-order valence-electron chi connectivity index (χ2n) is 8.44. The summed E-state index contributed by atoms with van der Waals surface area (Å²) in [5.74, 6) is 1.79.